The first-order valence-electron chi connectivity index (χ1n) is 11.7. The van der Waals surface area contributed by atoms with Crippen LogP contribution in [0.25, 0.3) is 16.9 Å². The molecule has 1 aromatic heterocycles. The van der Waals surface area contributed by atoms with Gasteiger partial charge >= 0.3 is 0 Å². The molecule has 4 aromatic rings. The van der Waals surface area contributed by atoms with Crippen molar-refractivity contribution in [1.82, 2.24) is 15.2 Å². The van der Waals surface area contributed by atoms with E-state index in [-0.39, 0.29) is 5.91 Å². The lowest BCUT2D eigenvalue weighted by Crippen LogP contribution is -2.17. The third kappa shape index (κ3) is 6.27. The van der Waals surface area contributed by atoms with Gasteiger partial charge in [0, 0.05) is 22.9 Å². The highest BCUT2D eigenvalue weighted by Gasteiger charge is 2.12. The van der Waals surface area contributed by atoms with Crippen LogP contribution in [0.3, 0.4) is 0 Å². The number of benzene rings is 3. The van der Waals surface area contributed by atoms with Crippen molar-refractivity contribution in [3.8, 4) is 28.4 Å². The first-order valence-corrected chi connectivity index (χ1v) is 11.7. The second-order valence-corrected chi connectivity index (χ2v) is 7.91. The molecular formula is C29H28N4O3. The Hall–Kier alpha value is -4.65. The zero-order valence-electron chi connectivity index (χ0n) is 20.1. The van der Waals surface area contributed by atoms with Gasteiger partial charge in [-0.05, 0) is 67.1 Å². The monoisotopic (exact) mass is 480 g/mol. The number of ether oxygens (including phenoxy) is 2. The van der Waals surface area contributed by atoms with Gasteiger partial charge in [0.25, 0.3) is 5.91 Å². The number of rotatable bonds is 11. The molecule has 0 unspecified atom stereocenters. The molecule has 0 saturated heterocycles. The fourth-order valence-corrected chi connectivity index (χ4v) is 3.43. The summed E-state index contributed by atoms with van der Waals surface area (Å²) in [6.07, 6.45) is 6.09. The van der Waals surface area contributed by atoms with Gasteiger partial charge in [-0.2, -0.15) is 10.2 Å². The van der Waals surface area contributed by atoms with E-state index in [1.165, 1.54) is 0 Å². The van der Waals surface area contributed by atoms with Gasteiger partial charge in [0.05, 0.1) is 18.5 Å². The summed E-state index contributed by atoms with van der Waals surface area (Å²) in [5.41, 5.74) is 6.39. The van der Waals surface area contributed by atoms with E-state index < -0.39 is 0 Å². The third-order valence-electron chi connectivity index (χ3n) is 5.22. The lowest BCUT2D eigenvalue weighted by Gasteiger charge is -2.05. The number of para-hydroxylation sites is 1. The van der Waals surface area contributed by atoms with Gasteiger partial charge in [-0.1, -0.05) is 37.8 Å². The lowest BCUT2D eigenvalue weighted by molar-refractivity contribution is 0.0955. The largest absolute Gasteiger partial charge is 0.494 e. The maximum atomic E-state index is 12.5. The van der Waals surface area contributed by atoms with Gasteiger partial charge in [-0.3, -0.25) is 4.79 Å². The van der Waals surface area contributed by atoms with Crippen LogP contribution in [-0.2, 0) is 0 Å². The number of amides is 1. The number of aromatic nitrogens is 2. The van der Waals surface area contributed by atoms with E-state index >= 15 is 0 Å². The van der Waals surface area contributed by atoms with Gasteiger partial charge in [0.15, 0.2) is 0 Å². The predicted octanol–water partition coefficient (Wildman–Crippen LogP) is 5.66. The standard InChI is InChI=1S/C29H28N4O3/c1-3-18-35-26-14-10-22(11-15-26)28-24(21-33(32-28)25-8-6-5-7-9-25)20-30-31-29(34)23-12-16-27(17-13-23)36-19-4-2/h4-17,20-21H,2-3,18-19H2,1H3,(H,31,34). The molecule has 0 saturated carbocycles. The fraction of sp³-hybridized carbons (Fsp3) is 0.138. The molecular weight excluding hydrogens is 452 g/mol. The van der Waals surface area contributed by atoms with Crippen molar-refractivity contribution in [2.75, 3.05) is 13.2 Å². The molecule has 0 bridgehead atoms. The average Bonchev–Trinajstić information content (AvgIpc) is 3.36. The molecule has 0 aliphatic rings. The summed E-state index contributed by atoms with van der Waals surface area (Å²) < 4.78 is 12.9. The number of carbonyl (C=O) groups is 1. The molecule has 0 spiro atoms. The summed E-state index contributed by atoms with van der Waals surface area (Å²) in [4.78, 5) is 12.5. The van der Waals surface area contributed by atoms with Crippen molar-refractivity contribution in [3.05, 3.63) is 109 Å². The van der Waals surface area contributed by atoms with Crippen molar-refractivity contribution in [1.29, 1.82) is 0 Å². The van der Waals surface area contributed by atoms with E-state index in [2.05, 4.69) is 24.0 Å². The number of nitrogens with zero attached hydrogens (tertiary/aromatic N) is 3. The highest BCUT2D eigenvalue weighted by Crippen LogP contribution is 2.25. The molecule has 0 aliphatic carbocycles. The maximum absolute atomic E-state index is 12.5. The second kappa shape index (κ2) is 12.2. The van der Waals surface area contributed by atoms with Gasteiger partial charge in [0.1, 0.15) is 23.8 Å². The summed E-state index contributed by atoms with van der Waals surface area (Å²) in [7, 11) is 0. The quantitative estimate of drug-likeness (QED) is 0.171. The molecule has 7 heteroatoms. The Balaban J connectivity index is 1.54. The second-order valence-electron chi connectivity index (χ2n) is 7.91. The van der Waals surface area contributed by atoms with Crippen LogP contribution < -0.4 is 14.9 Å². The number of nitrogens with one attached hydrogen (secondary N) is 1. The molecule has 3 aromatic carbocycles. The first kappa shape index (κ1) is 24.5. The van der Waals surface area contributed by atoms with Crippen LogP contribution in [-0.4, -0.2) is 35.1 Å². The van der Waals surface area contributed by atoms with E-state index in [0.29, 0.717) is 24.5 Å². The number of hydrogen-bond donors (Lipinski definition) is 1. The highest BCUT2D eigenvalue weighted by molar-refractivity contribution is 5.95. The maximum Gasteiger partial charge on any atom is 0.271 e. The number of hydrazone groups is 1. The molecule has 4 rings (SSSR count). The summed E-state index contributed by atoms with van der Waals surface area (Å²) in [5, 5.41) is 8.98. The SMILES string of the molecule is C=CCOc1ccc(C(=O)NN=Cc2cn(-c3ccccc3)nc2-c2ccc(OCCC)cc2)cc1. The Labute approximate surface area is 210 Å². The van der Waals surface area contributed by atoms with Crippen molar-refractivity contribution < 1.29 is 14.3 Å². The first-order chi connectivity index (χ1) is 17.7. The lowest BCUT2D eigenvalue weighted by atomic mass is 10.1. The van der Waals surface area contributed by atoms with Crippen LogP contribution in [0, 0.1) is 0 Å². The number of carbonyl (C=O) groups excluding carboxylic acids is 1. The summed E-state index contributed by atoms with van der Waals surface area (Å²) in [5.74, 6) is 1.15. The van der Waals surface area contributed by atoms with Gasteiger partial charge in [0.2, 0.25) is 0 Å². The molecule has 0 aliphatic heterocycles. The summed E-state index contributed by atoms with van der Waals surface area (Å²) >= 11 is 0. The molecule has 1 heterocycles. The zero-order valence-corrected chi connectivity index (χ0v) is 20.1. The molecule has 0 fully saturated rings. The molecule has 0 radical (unpaired) electrons. The van der Waals surface area contributed by atoms with Crippen LogP contribution in [0.15, 0.2) is 103 Å². The van der Waals surface area contributed by atoms with Crippen LogP contribution in [0.2, 0.25) is 0 Å². The van der Waals surface area contributed by atoms with Crippen LogP contribution in [0.5, 0.6) is 11.5 Å². The number of hydrogen-bond acceptors (Lipinski definition) is 5. The van der Waals surface area contributed by atoms with Crippen molar-refractivity contribution in [3.63, 3.8) is 0 Å². The Morgan fingerprint density at radius 3 is 2.39 bits per heavy atom. The van der Waals surface area contributed by atoms with Gasteiger partial charge in [-0.15, -0.1) is 0 Å². The van der Waals surface area contributed by atoms with E-state index in [0.717, 1.165) is 34.7 Å². The van der Waals surface area contributed by atoms with E-state index in [4.69, 9.17) is 14.6 Å². The average molecular weight is 481 g/mol. The van der Waals surface area contributed by atoms with E-state index in [9.17, 15) is 4.79 Å². The van der Waals surface area contributed by atoms with Gasteiger partial charge < -0.3 is 9.47 Å². The molecule has 1 amide bonds. The minimum atomic E-state index is -0.323. The van der Waals surface area contributed by atoms with E-state index in [1.807, 2.05) is 60.8 Å². The molecule has 7 nitrogen and oxygen atoms in total. The third-order valence-corrected chi connectivity index (χ3v) is 5.22. The molecule has 0 atom stereocenters. The molecule has 1 N–H and O–H groups in total. The van der Waals surface area contributed by atoms with Crippen LogP contribution >= 0.6 is 0 Å². The predicted molar refractivity (Wildman–Crippen MR) is 142 cm³/mol. The van der Waals surface area contributed by atoms with Crippen molar-refractivity contribution in [2.24, 2.45) is 5.10 Å². The highest BCUT2D eigenvalue weighted by atomic mass is 16.5. The minimum absolute atomic E-state index is 0.323. The Bertz CT molecular complexity index is 1310. The summed E-state index contributed by atoms with van der Waals surface area (Å²) in [6.45, 7) is 6.77. The van der Waals surface area contributed by atoms with Gasteiger partial charge in [-0.25, -0.2) is 10.1 Å². The van der Waals surface area contributed by atoms with Crippen LogP contribution in [0.1, 0.15) is 29.3 Å². The van der Waals surface area contributed by atoms with Crippen molar-refractivity contribution in [2.45, 2.75) is 13.3 Å². The summed E-state index contributed by atoms with van der Waals surface area (Å²) in [6, 6.07) is 24.5. The smallest absolute Gasteiger partial charge is 0.271 e. The Kier molecular flexibility index (Phi) is 8.27. The molecule has 182 valence electrons. The fourth-order valence-electron chi connectivity index (χ4n) is 3.43. The van der Waals surface area contributed by atoms with E-state index in [1.54, 1.807) is 41.2 Å². The Morgan fingerprint density at radius 1 is 1.00 bits per heavy atom. The zero-order chi connectivity index (χ0) is 25.2. The topological polar surface area (TPSA) is 77.7 Å². The molecule has 36 heavy (non-hydrogen) atoms. The minimum Gasteiger partial charge on any atom is -0.494 e. The Morgan fingerprint density at radius 2 is 1.69 bits per heavy atom. The van der Waals surface area contributed by atoms with Crippen molar-refractivity contribution >= 4 is 12.1 Å². The normalized spacial score (nSPS) is 10.8. The van der Waals surface area contributed by atoms with Crippen LogP contribution in [0.4, 0.5) is 0 Å².